The quantitative estimate of drug-likeness (QED) is 0.580. The summed E-state index contributed by atoms with van der Waals surface area (Å²) in [4.78, 5) is 36.3. The molecule has 0 spiro atoms. The molecular weight excluding hydrogens is 388 g/mol. The second-order valence-electron chi connectivity index (χ2n) is 6.24. The Morgan fingerprint density at radius 2 is 1.60 bits per heavy atom. The minimum absolute atomic E-state index is 0.401. The van der Waals surface area contributed by atoms with Gasteiger partial charge in [0.05, 0.1) is 13.2 Å². The van der Waals surface area contributed by atoms with Crippen LogP contribution in [0.3, 0.4) is 0 Å². The molecule has 0 saturated carbocycles. The molecule has 160 valence electrons. The molecule has 0 aliphatic rings. The van der Waals surface area contributed by atoms with Gasteiger partial charge in [0.1, 0.15) is 6.04 Å². The van der Waals surface area contributed by atoms with Crippen molar-refractivity contribution in [2.45, 2.75) is 26.8 Å². The molecule has 0 aliphatic carbocycles. The van der Waals surface area contributed by atoms with Crippen LogP contribution in [0.4, 0.5) is 5.69 Å². The molecule has 0 saturated heterocycles. The van der Waals surface area contributed by atoms with E-state index in [0.717, 1.165) is 0 Å². The lowest BCUT2D eigenvalue weighted by Crippen LogP contribution is -2.40. The molecule has 8 heteroatoms. The molecule has 0 aliphatic heterocycles. The zero-order chi connectivity index (χ0) is 21.9. The summed E-state index contributed by atoms with van der Waals surface area (Å²) < 4.78 is 16.0. The highest BCUT2D eigenvalue weighted by Crippen LogP contribution is 2.30. The third-order valence-corrected chi connectivity index (χ3v) is 3.91. The molecule has 8 nitrogen and oxygen atoms in total. The second kappa shape index (κ2) is 11.5. The molecule has 0 bridgehead atoms. The molecule has 2 amide bonds. The first-order chi connectivity index (χ1) is 14.4. The standard InChI is InChI=1S/C22H26N2O6/c1-4-28-18-12-11-17(13-19(18)29-5-2)24-20(25)14-30-22(27)15(3)23-21(26)16-9-7-6-8-10-16/h6-13,15H,4-5,14H2,1-3H3,(H,23,26)(H,24,25)/t15-/m0/s1. The van der Waals surface area contributed by atoms with E-state index in [2.05, 4.69) is 10.6 Å². The van der Waals surface area contributed by atoms with E-state index in [0.29, 0.717) is 36.0 Å². The highest BCUT2D eigenvalue weighted by atomic mass is 16.5. The van der Waals surface area contributed by atoms with Crippen LogP contribution in [0.25, 0.3) is 0 Å². The van der Waals surface area contributed by atoms with Crippen LogP contribution in [0.15, 0.2) is 48.5 Å². The van der Waals surface area contributed by atoms with E-state index < -0.39 is 30.4 Å². The van der Waals surface area contributed by atoms with Crippen molar-refractivity contribution < 1.29 is 28.6 Å². The Bertz CT molecular complexity index is 869. The summed E-state index contributed by atoms with van der Waals surface area (Å²) in [6.45, 7) is 5.65. The fraction of sp³-hybridized carbons (Fsp3) is 0.318. The van der Waals surface area contributed by atoms with Crippen molar-refractivity contribution in [2.24, 2.45) is 0 Å². The van der Waals surface area contributed by atoms with Crippen molar-refractivity contribution in [3.63, 3.8) is 0 Å². The number of ether oxygens (including phenoxy) is 3. The smallest absolute Gasteiger partial charge is 0.328 e. The van der Waals surface area contributed by atoms with Crippen LogP contribution in [0.2, 0.25) is 0 Å². The van der Waals surface area contributed by atoms with E-state index in [1.54, 1.807) is 48.5 Å². The third kappa shape index (κ3) is 6.80. The van der Waals surface area contributed by atoms with Crippen molar-refractivity contribution in [3.8, 4) is 11.5 Å². The molecule has 2 aromatic rings. The lowest BCUT2D eigenvalue weighted by molar-refractivity contribution is -0.148. The van der Waals surface area contributed by atoms with E-state index in [-0.39, 0.29) is 0 Å². The van der Waals surface area contributed by atoms with Crippen molar-refractivity contribution in [1.29, 1.82) is 0 Å². The number of rotatable bonds is 10. The first-order valence-electron chi connectivity index (χ1n) is 9.66. The number of hydrogen-bond acceptors (Lipinski definition) is 6. The van der Waals surface area contributed by atoms with Crippen LogP contribution in [0.1, 0.15) is 31.1 Å². The fourth-order valence-electron chi connectivity index (χ4n) is 2.52. The highest BCUT2D eigenvalue weighted by molar-refractivity contribution is 5.97. The molecule has 2 N–H and O–H groups in total. The molecular formula is C22H26N2O6. The van der Waals surface area contributed by atoms with E-state index >= 15 is 0 Å². The molecule has 1 atom stereocenters. The van der Waals surface area contributed by atoms with Crippen LogP contribution in [-0.4, -0.2) is 43.6 Å². The van der Waals surface area contributed by atoms with Gasteiger partial charge in [-0.15, -0.1) is 0 Å². The Kier molecular flexibility index (Phi) is 8.68. The summed E-state index contributed by atoms with van der Waals surface area (Å²) in [5.74, 6) is -0.548. The molecule has 0 heterocycles. The number of carbonyl (C=O) groups is 3. The summed E-state index contributed by atoms with van der Waals surface area (Å²) in [6, 6.07) is 12.6. The van der Waals surface area contributed by atoms with Crippen molar-refractivity contribution in [3.05, 3.63) is 54.1 Å². The number of hydrogen-bond donors (Lipinski definition) is 2. The second-order valence-corrected chi connectivity index (χ2v) is 6.24. The molecule has 0 fully saturated rings. The Morgan fingerprint density at radius 3 is 2.27 bits per heavy atom. The summed E-state index contributed by atoms with van der Waals surface area (Å²) in [5.41, 5.74) is 0.906. The number of esters is 1. The van der Waals surface area contributed by atoms with Crippen molar-refractivity contribution in [2.75, 3.05) is 25.1 Å². The Morgan fingerprint density at radius 1 is 0.933 bits per heavy atom. The summed E-state index contributed by atoms with van der Waals surface area (Å²) in [6.07, 6.45) is 0. The highest BCUT2D eigenvalue weighted by Gasteiger charge is 2.19. The Hall–Kier alpha value is -3.55. The number of benzene rings is 2. The lowest BCUT2D eigenvalue weighted by Gasteiger charge is -2.14. The van der Waals surface area contributed by atoms with Gasteiger partial charge in [0.25, 0.3) is 11.8 Å². The molecule has 0 aromatic heterocycles. The minimum Gasteiger partial charge on any atom is -0.490 e. The molecule has 0 radical (unpaired) electrons. The van der Waals surface area contributed by atoms with E-state index in [1.807, 2.05) is 13.8 Å². The molecule has 30 heavy (non-hydrogen) atoms. The van der Waals surface area contributed by atoms with Crippen LogP contribution in [0.5, 0.6) is 11.5 Å². The summed E-state index contributed by atoms with van der Waals surface area (Å²) in [7, 11) is 0. The van der Waals surface area contributed by atoms with Gasteiger partial charge in [-0.1, -0.05) is 18.2 Å². The predicted molar refractivity (Wildman–Crippen MR) is 112 cm³/mol. The fourth-order valence-corrected chi connectivity index (χ4v) is 2.52. The summed E-state index contributed by atoms with van der Waals surface area (Å²) >= 11 is 0. The summed E-state index contributed by atoms with van der Waals surface area (Å²) in [5, 5.41) is 5.17. The normalized spacial score (nSPS) is 11.2. The average molecular weight is 414 g/mol. The first-order valence-corrected chi connectivity index (χ1v) is 9.66. The van der Waals surface area contributed by atoms with Gasteiger partial charge in [-0.2, -0.15) is 0 Å². The van der Waals surface area contributed by atoms with Crippen LogP contribution < -0.4 is 20.1 Å². The zero-order valence-electron chi connectivity index (χ0n) is 17.3. The number of nitrogens with one attached hydrogen (secondary N) is 2. The van der Waals surface area contributed by atoms with Crippen LogP contribution in [0, 0.1) is 0 Å². The SMILES string of the molecule is CCOc1ccc(NC(=O)COC(=O)[C@H](C)NC(=O)c2ccccc2)cc1OCC. The van der Waals surface area contributed by atoms with Gasteiger partial charge in [-0.3, -0.25) is 9.59 Å². The topological polar surface area (TPSA) is 103 Å². The van der Waals surface area contributed by atoms with Gasteiger partial charge in [-0.25, -0.2) is 4.79 Å². The van der Waals surface area contributed by atoms with Gasteiger partial charge in [-0.05, 0) is 45.0 Å². The minimum atomic E-state index is -0.902. The number of carbonyl (C=O) groups excluding carboxylic acids is 3. The van der Waals surface area contributed by atoms with Gasteiger partial charge in [0, 0.05) is 17.3 Å². The van der Waals surface area contributed by atoms with Crippen molar-refractivity contribution in [1.82, 2.24) is 5.32 Å². The average Bonchev–Trinajstić information content (AvgIpc) is 2.74. The maximum absolute atomic E-state index is 12.1. The Labute approximate surface area is 175 Å². The Balaban J connectivity index is 1.85. The molecule has 2 rings (SSSR count). The van der Waals surface area contributed by atoms with Crippen LogP contribution in [-0.2, 0) is 14.3 Å². The maximum atomic E-state index is 12.1. The third-order valence-electron chi connectivity index (χ3n) is 3.91. The molecule has 2 aromatic carbocycles. The van der Waals surface area contributed by atoms with E-state index in [9.17, 15) is 14.4 Å². The predicted octanol–water partition coefficient (Wildman–Crippen LogP) is 2.78. The van der Waals surface area contributed by atoms with Gasteiger partial charge < -0.3 is 24.8 Å². The lowest BCUT2D eigenvalue weighted by atomic mass is 10.2. The van der Waals surface area contributed by atoms with E-state index in [1.165, 1.54) is 6.92 Å². The molecule has 0 unspecified atom stereocenters. The van der Waals surface area contributed by atoms with E-state index in [4.69, 9.17) is 14.2 Å². The van der Waals surface area contributed by atoms with Gasteiger partial charge in [0.15, 0.2) is 18.1 Å². The maximum Gasteiger partial charge on any atom is 0.328 e. The van der Waals surface area contributed by atoms with Crippen molar-refractivity contribution >= 4 is 23.5 Å². The van der Waals surface area contributed by atoms with Crippen LogP contribution >= 0.6 is 0 Å². The largest absolute Gasteiger partial charge is 0.490 e. The first kappa shape index (κ1) is 22.7. The van der Waals surface area contributed by atoms with Gasteiger partial charge in [0.2, 0.25) is 0 Å². The number of anilines is 1. The monoisotopic (exact) mass is 414 g/mol. The number of amides is 2. The van der Waals surface area contributed by atoms with Gasteiger partial charge >= 0.3 is 5.97 Å². The zero-order valence-corrected chi connectivity index (χ0v) is 17.3.